The molecule has 1 saturated heterocycles. The first-order chi connectivity index (χ1) is 3.84. The largest absolute Gasteiger partial charge is 0.309 e. The Hall–Kier alpha value is 0.400. The topological polar surface area (TPSA) is 12.0 Å². The first-order valence-electron chi connectivity index (χ1n) is 2.71. The lowest BCUT2D eigenvalue weighted by Crippen LogP contribution is -2.27. The van der Waals surface area contributed by atoms with Gasteiger partial charge in [-0.25, -0.2) is 0 Å². The van der Waals surface area contributed by atoms with E-state index in [1.807, 2.05) is 0 Å². The Balaban J connectivity index is 2.41. The number of rotatable bonds is 1. The lowest BCUT2D eigenvalue weighted by molar-refractivity contribution is 0.789. The minimum absolute atomic E-state index is 0.369. The summed E-state index contributed by atoms with van der Waals surface area (Å²) in [6.07, 6.45) is 1.14. The molecule has 0 amide bonds. The zero-order valence-corrected chi connectivity index (χ0v) is 6.21. The lowest BCUT2D eigenvalue weighted by Gasteiger charge is -2.05. The SMILES string of the molecule is S=CC1NCC[C@H]1S. The molecule has 0 aromatic carbocycles. The zero-order chi connectivity index (χ0) is 5.98. The summed E-state index contributed by atoms with van der Waals surface area (Å²) < 4.78 is 0. The van der Waals surface area contributed by atoms with E-state index >= 15 is 0 Å². The predicted octanol–water partition coefficient (Wildman–Crippen LogP) is 0.646. The summed E-state index contributed by atoms with van der Waals surface area (Å²) in [4.78, 5) is 0. The summed E-state index contributed by atoms with van der Waals surface area (Å²) >= 11 is 9.06. The molecule has 1 N–H and O–H groups in total. The van der Waals surface area contributed by atoms with Gasteiger partial charge in [-0.05, 0) is 18.3 Å². The van der Waals surface area contributed by atoms with E-state index in [1.165, 1.54) is 0 Å². The van der Waals surface area contributed by atoms with E-state index < -0.39 is 0 Å². The van der Waals surface area contributed by atoms with Crippen molar-refractivity contribution in [1.29, 1.82) is 0 Å². The number of hydrogen-bond acceptors (Lipinski definition) is 3. The van der Waals surface area contributed by atoms with Crippen LogP contribution in [-0.4, -0.2) is 23.2 Å². The van der Waals surface area contributed by atoms with Gasteiger partial charge in [0.25, 0.3) is 0 Å². The second kappa shape index (κ2) is 2.80. The molecule has 1 unspecified atom stereocenters. The molecule has 1 aliphatic heterocycles. The van der Waals surface area contributed by atoms with Crippen molar-refractivity contribution in [3.05, 3.63) is 0 Å². The molecule has 2 atom stereocenters. The molecule has 0 aromatic heterocycles. The van der Waals surface area contributed by atoms with Gasteiger partial charge in [0.1, 0.15) is 0 Å². The number of thiocarbonyl (C=S) groups is 1. The van der Waals surface area contributed by atoms with Crippen molar-refractivity contribution in [3.8, 4) is 0 Å². The van der Waals surface area contributed by atoms with Gasteiger partial charge in [-0.15, -0.1) is 0 Å². The highest BCUT2D eigenvalue weighted by molar-refractivity contribution is 7.81. The van der Waals surface area contributed by atoms with Crippen LogP contribution in [0.15, 0.2) is 0 Å². The van der Waals surface area contributed by atoms with Gasteiger partial charge in [0.15, 0.2) is 0 Å². The summed E-state index contributed by atoms with van der Waals surface area (Å²) in [6, 6.07) is 0.369. The van der Waals surface area contributed by atoms with E-state index in [0.29, 0.717) is 11.3 Å². The molecule has 1 fully saturated rings. The maximum Gasteiger partial charge on any atom is 0.0472 e. The average molecular weight is 147 g/mol. The number of nitrogens with one attached hydrogen (secondary N) is 1. The minimum atomic E-state index is 0.369. The van der Waals surface area contributed by atoms with Crippen LogP contribution in [0.4, 0.5) is 0 Å². The molecule has 1 heterocycles. The zero-order valence-electron chi connectivity index (χ0n) is 4.50. The van der Waals surface area contributed by atoms with Gasteiger partial charge in [-0.1, -0.05) is 12.2 Å². The third kappa shape index (κ3) is 1.21. The van der Waals surface area contributed by atoms with E-state index in [9.17, 15) is 0 Å². The molecular weight excluding hydrogens is 138 g/mol. The van der Waals surface area contributed by atoms with Crippen molar-refractivity contribution in [2.24, 2.45) is 0 Å². The van der Waals surface area contributed by atoms with E-state index in [0.717, 1.165) is 13.0 Å². The average Bonchev–Trinajstić information content (AvgIpc) is 2.14. The van der Waals surface area contributed by atoms with Gasteiger partial charge in [0.05, 0.1) is 0 Å². The molecule has 1 rings (SSSR count). The summed E-state index contributed by atoms with van der Waals surface area (Å²) in [5.74, 6) is 0. The third-order valence-corrected chi connectivity index (χ3v) is 2.25. The van der Waals surface area contributed by atoms with E-state index in [1.54, 1.807) is 5.37 Å². The van der Waals surface area contributed by atoms with E-state index in [2.05, 4.69) is 17.9 Å². The maximum absolute atomic E-state index is 4.75. The fraction of sp³-hybridized carbons (Fsp3) is 0.800. The van der Waals surface area contributed by atoms with Gasteiger partial charge in [-0.2, -0.15) is 12.6 Å². The van der Waals surface area contributed by atoms with Crippen LogP contribution in [0.2, 0.25) is 0 Å². The first kappa shape index (κ1) is 6.52. The number of hydrogen-bond donors (Lipinski definition) is 2. The van der Waals surface area contributed by atoms with Crippen LogP contribution in [0.5, 0.6) is 0 Å². The van der Waals surface area contributed by atoms with Gasteiger partial charge in [0.2, 0.25) is 0 Å². The molecule has 0 spiro atoms. The van der Waals surface area contributed by atoms with Crippen molar-refractivity contribution in [2.75, 3.05) is 6.54 Å². The fourth-order valence-electron chi connectivity index (χ4n) is 0.852. The molecule has 8 heavy (non-hydrogen) atoms. The normalized spacial score (nSPS) is 37.6. The third-order valence-electron chi connectivity index (χ3n) is 1.38. The second-order valence-electron chi connectivity index (χ2n) is 1.97. The van der Waals surface area contributed by atoms with Gasteiger partial charge in [-0.3, -0.25) is 0 Å². The van der Waals surface area contributed by atoms with Gasteiger partial charge < -0.3 is 5.32 Å². The van der Waals surface area contributed by atoms with Crippen LogP contribution in [0.3, 0.4) is 0 Å². The first-order valence-corrected chi connectivity index (χ1v) is 3.70. The molecule has 0 saturated carbocycles. The highest BCUT2D eigenvalue weighted by Gasteiger charge is 2.20. The quantitative estimate of drug-likeness (QED) is 0.417. The molecule has 1 nitrogen and oxygen atoms in total. The molecule has 0 aliphatic carbocycles. The van der Waals surface area contributed by atoms with Crippen molar-refractivity contribution in [3.63, 3.8) is 0 Å². The Labute approximate surface area is 60.3 Å². The summed E-state index contributed by atoms with van der Waals surface area (Å²) in [5.41, 5.74) is 0. The van der Waals surface area contributed by atoms with Crippen molar-refractivity contribution >= 4 is 30.2 Å². The van der Waals surface area contributed by atoms with Crippen LogP contribution in [0, 0.1) is 0 Å². The van der Waals surface area contributed by atoms with Crippen molar-refractivity contribution < 1.29 is 0 Å². The smallest absolute Gasteiger partial charge is 0.0472 e. The Morgan fingerprint density at radius 2 is 2.50 bits per heavy atom. The minimum Gasteiger partial charge on any atom is -0.309 e. The van der Waals surface area contributed by atoms with Gasteiger partial charge >= 0.3 is 0 Å². The fourth-order valence-corrected chi connectivity index (χ4v) is 1.58. The Morgan fingerprint density at radius 1 is 1.75 bits per heavy atom. The van der Waals surface area contributed by atoms with Crippen LogP contribution in [-0.2, 0) is 0 Å². The molecular formula is C5H9NS2. The van der Waals surface area contributed by atoms with Crippen LogP contribution >= 0.6 is 24.8 Å². The summed E-state index contributed by atoms with van der Waals surface area (Å²) in [6.45, 7) is 1.06. The standard InChI is InChI=1S/C5H9NS2/c7-3-4-5(8)1-2-6-4/h3-6,8H,1-2H2/t4?,5-/m1/s1. The highest BCUT2D eigenvalue weighted by Crippen LogP contribution is 2.10. The highest BCUT2D eigenvalue weighted by atomic mass is 32.1. The monoisotopic (exact) mass is 147 g/mol. The van der Waals surface area contributed by atoms with E-state index in [4.69, 9.17) is 12.2 Å². The Bertz CT molecular complexity index is 94.4. The van der Waals surface area contributed by atoms with Crippen LogP contribution in [0.25, 0.3) is 0 Å². The summed E-state index contributed by atoms with van der Waals surface area (Å²) in [5, 5.41) is 5.43. The Morgan fingerprint density at radius 3 is 2.75 bits per heavy atom. The second-order valence-corrected chi connectivity index (χ2v) is 2.91. The number of thiol groups is 1. The molecule has 1 aliphatic rings. The van der Waals surface area contributed by atoms with Crippen LogP contribution in [0.1, 0.15) is 6.42 Å². The van der Waals surface area contributed by atoms with Gasteiger partial charge in [0, 0.05) is 11.3 Å². The predicted molar refractivity (Wildman–Crippen MR) is 42.8 cm³/mol. The molecule has 0 radical (unpaired) electrons. The van der Waals surface area contributed by atoms with Crippen molar-refractivity contribution in [2.45, 2.75) is 17.7 Å². The molecule has 0 bridgehead atoms. The molecule has 0 aromatic rings. The summed E-state index contributed by atoms with van der Waals surface area (Å²) in [7, 11) is 0. The Kier molecular flexibility index (Phi) is 2.28. The van der Waals surface area contributed by atoms with Crippen LogP contribution < -0.4 is 5.32 Å². The maximum atomic E-state index is 4.75. The van der Waals surface area contributed by atoms with E-state index in [-0.39, 0.29) is 0 Å². The van der Waals surface area contributed by atoms with Crippen molar-refractivity contribution in [1.82, 2.24) is 5.32 Å². The molecule has 3 heteroatoms. The lowest BCUT2D eigenvalue weighted by atomic mass is 10.2. The molecule has 46 valence electrons.